The van der Waals surface area contributed by atoms with E-state index in [9.17, 15) is 8.78 Å². The van der Waals surface area contributed by atoms with Gasteiger partial charge in [-0.05, 0) is 12.1 Å². The summed E-state index contributed by atoms with van der Waals surface area (Å²) in [7, 11) is 0. The zero-order chi connectivity index (χ0) is 10.1. The van der Waals surface area contributed by atoms with Crippen molar-refractivity contribution in [3.8, 4) is 11.3 Å². The lowest BCUT2D eigenvalue weighted by atomic mass is 10.1. The fraction of sp³-hybridized carbons (Fsp3) is 0. The summed E-state index contributed by atoms with van der Waals surface area (Å²) in [4.78, 5) is 0. The number of halogens is 3. The molecule has 1 aromatic carbocycles. The Morgan fingerprint density at radius 3 is 2.71 bits per heavy atom. The first-order chi connectivity index (χ1) is 6.70. The highest BCUT2D eigenvalue weighted by atomic mass is 35.5. The van der Waals surface area contributed by atoms with Crippen molar-refractivity contribution in [3.05, 3.63) is 41.1 Å². The predicted molar refractivity (Wildman–Crippen MR) is 48.9 cm³/mol. The van der Waals surface area contributed by atoms with E-state index in [1.807, 2.05) is 0 Å². The van der Waals surface area contributed by atoms with Crippen LogP contribution >= 0.6 is 11.6 Å². The number of benzene rings is 1. The molecule has 0 saturated heterocycles. The highest BCUT2D eigenvalue weighted by molar-refractivity contribution is 6.32. The molecule has 2 rings (SSSR count). The first kappa shape index (κ1) is 9.15. The Labute approximate surface area is 83.5 Å². The van der Waals surface area contributed by atoms with Crippen LogP contribution in [0.4, 0.5) is 8.78 Å². The van der Waals surface area contributed by atoms with Gasteiger partial charge in [0.2, 0.25) is 0 Å². The van der Waals surface area contributed by atoms with Gasteiger partial charge >= 0.3 is 0 Å². The SMILES string of the molecule is Fc1cccc(-c2[nH]ncc2Cl)c1F. The van der Waals surface area contributed by atoms with Gasteiger partial charge in [-0.3, -0.25) is 5.10 Å². The molecule has 72 valence electrons. The summed E-state index contributed by atoms with van der Waals surface area (Å²) in [5.41, 5.74) is 0.358. The first-order valence-corrected chi connectivity index (χ1v) is 4.21. The molecular formula is C9H5ClF2N2. The Bertz CT molecular complexity index is 468. The maximum atomic E-state index is 13.3. The number of hydrogen-bond acceptors (Lipinski definition) is 1. The Morgan fingerprint density at radius 2 is 2.07 bits per heavy atom. The van der Waals surface area contributed by atoms with Gasteiger partial charge in [0, 0.05) is 5.56 Å². The molecule has 0 bridgehead atoms. The molecule has 2 aromatic rings. The summed E-state index contributed by atoms with van der Waals surface area (Å²) >= 11 is 5.72. The summed E-state index contributed by atoms with van der Waals surface area (Å²) in [5, 5.41) is 6.38. The average Bonchev–Trinajstić information content (AvgIpc) is 2.57. The van der Waals surface area contributed by atoms with Gasteiger partial charge in [-0.15, -0.1) is 0 Å². The average molecular weight is 215 g/mol. The quantitative estimate of drug-likeness (QED) is 0.777. The van der Waals surface area contributed by atoms with Crippen LogP contribution in [-0.2, 0) is 0 Å². The van der Waals surface area contributed by atoms with Crippen molar-refractivity contribution in [2.45, 2.75) is 0 Å². The highest BCUT2D eigenvalue weighted by Gasteiger charge is 2.13. The maximum Gasteiger partial charge on any atom is 0.168 e. The summed E-state index contributed by atoms with van der Waals surface area (Å²) in [6, 6.07) is 3.88. The van der Waals surface area contributed by atoms with E-state index in [2.05, 4.69) is 10.2 Å². The van der Waals surface area contributed by atoms with Gasteiger partial charge in [-0.1, -0.05) is 17.7 Å². The molecule has 1 heterocycles. The lowest BCUT2D eigenvalue weighted by Crippen LogP contribution is -1.89. The second-order valence-corrected chi connectivity index (χ2v) is 3.10. The van der Waals surface area contributed by atoms with Gasteiger partial charge in [0.15, 0.2) is 11.6 Å². The van der Waals surface area contributed by atoms with Gasteiger partial charge in [0.25, 0.3) is 0 Å². The minimum atomic E-state index is -0.932. The van der Waals surface area contributed by atoms with Crippen LogP contribution in [0.15, 0.2) is 24.4 Å². The molecule has 0 spiro atoms. The van der Waals surface area contributed by atoms with Gasteiger partial charge in [-0.25, -0.2) is 8.78 Å². The Kier molecular flexibility index (Phi) is 2.21. The molecule has 0 radical (unpaired) electrons. The van der Waals surface area contributed by atoms with Crippen LogP contribution in [0.3, 0.4) is 0 Å². The van der Waals surface area contributed by atoms with E-state index >= 15 is 0 Å². The molecular weight excluding hydrogens is 210 g/mol. The third-order valence-electron chi connectivity index (χ3n) is 1.81. The number of aromatic amines is 1. The number of hydrogen-bond donors (Lipinski definition) is 1. The molecule has 0 amide bonds. The molecule has 0 aliphatic carbocycles. The van der Waals surface area contributed by atoms with Gasteiger partial charge in [0.05, 0.1) is 16.9 Å². The summed E-state index contributed by atoms with van der Waals surface area (Å²) in [5.74, 6) is -1.84. The minimum Gasteiger partial charge on any atom is -0.276 e. The van der Waals surface area contributed by atoms with Gasteiger partial charge in [0.1, 0.15) is 0 Å². The molecule has 0 aliphatic rings. The normalized spacial score (nSPS) is 10.5. The minimum absolute atomic E-state index is 0.0764. The zero-order valence-corrected chi connectivity index (χ0v) is 7.65. The summed E-state index contributed by atoms with van der Waals surface area (Å²) < 4.78 is 26.1. The van der Waals surface area contributed by atoms with Crippen molar-refractivity contribution < 1.29 is 8.78 Å². The smallest absolute Gasteiger partial charge is 0.168 e. The molecule has 14 heavy (non-hydrogen) atoms. The van der Waals surface area contributed by atoms with Crippen molar-refractivity contribution in [2.75, 3.05) is 0 Å². The van der Waals surface area contributed by atoms with Crippen LogP contribution in [0.25, 0.3) is 11.3 Å². The summed E-state index contributed by atoms with van der Waals surface area (Å²) in [6.45, 7) is 0. The number of H-pyrrole nitrogens is 1. The van der Waals surface area contributed by atoms with Crippen molar-refractivity contribution in [2.24, 2.45) is 0 Å². The van der Waals surface area contributed by atoms with E-state index in [-0.39, 0.29) is 16.3 Å². The molecule has 1 aromatic heterocycles. The van der Waals surface area contributed by atoms with E-state index in [1.165, 1.54) is 18.3 Å². The fourth-order valence-electron chi connectivity index (χ4n) is 1.16. The molecule has 0 atom stereocenters. The van der Waals surface area contributed by atoms with E-state index < -0.39 is 11.6 Å². The van der Waals surface area contributed by atoms with Crippen LogP contribution in [0.2, 0.25) is 5.02 Å². The Morgan fingerprint density at radius 1 is 1.29 bits per heavy atom. The van der Waals surface area contributed by atoms with Crippen LogP contribution < -0.4 is 0 Å². The van der Waals surface area contributed by atoms with Crippen LogP contribution in [0, 0.1) is 11.6 Å². The molecule has 2 nitrogen and oxygen atoms in total. The third-order valence-corrected chi connectivity index (χ3v) is 2.10. The van der Waals surface area contributed by atoms with Gasteiger partial charge in [-0.2, -0.15) is 5.10 Å². The number of nitrogens with one attached hydrogen (secondary N) is 1. The molecule has 0 aliphatic heterocycles. The number of rotatable bonds is 1. The molecule has 5 heteroatoms. The topological polar surface area (TPSA) is 28.7 Å². The van der Waals surface area contributed by atoms with E-state index in [4.69, 9.17) is 11.6 Å². The predicted octanol–water partition coefficient (Wildman–Crippen LogP) is 3.01. The molecule has 0 fully saturated rings. The lowest BCUT2D eigenvalue weighted by molar-refractivity contribution is 0.511. The lowest BCUT2D eigenvalue weighted by Gasteiger charge is -2.00. The third kappa shape index (κ3) is 1.37. The van der Waals surface area contributed by atoms with Crippen LogP contribution in [-0.4, -0.2) is 10.2 Å². The fourth-order valence-corrected chi connectivity index (χ4v) is 1.35. The molecule has 0 saturated carbocycles. The first-order valence-electron chi connectivity index (χ1n) is 3.83. The summed E-state index contributed by atoms with van der Waals surface area (Å²) in [6.07, 6.45) is 1.33. The standard InChI is InChI=1S/C9H5ClF2N2/c10-6-4-13-14-9(6)5-2-1-3-7(11)8(5)12/h1-4H,(H,13,14). The molecule has 1 N–H and O–H groups in total. The van der Waals surface area contributed by atoms with Crippen molar-refractivity contribution in [1.82, 2.24) is 10.2 Å². The Hall–Kier alpha value is -1.42. The highest BCUT2D eigenvalue weighted by Crippen LogP contribution is 2.28. The second-order valence-electron chi connectivity index (χ2n) is 2.69. The van der Waals surface area contributed by atoms with Crippen molar-refractivity contribution in [3.63, 3.8) is 0 Å². The van der Waals surface area contributed by atoms with Crippen LogP contribution in [0.5, 0.6) is 0 Å². The largest absolute Gasteiger partial charge is 0.276 e. The van der Waals surface area contributed by atoms with Crippen LogP contribution in [0.1, 0.15) is 0 Å². The Balaban J connectivity index is 2.63. The zero-order valence-electron chi connectivity index (χ0n) is 6.89. The monoisotopic (exact) mass is 214 g/mol. The van der Waals surface area contributed by atoms with Crippen molar-refractivity contribution >= 4 is 11.6 Å². The number of aromatic nitrogens is 2. The van der Waals surface area contributed by atoms with E-state index in [0.717, 1.165) is 6.07 Å². The molecule has 0 unspecified atom stereocenters. The number of nitrogens with zero attached hydrogens (tertiary/aromatic N) is 1. The maximum absolute atomic E-state index is 13.3. The van der Waals surface area contributed by atoms with E-state index in [1.54, 1.807) is 0 Å². The van der Waals surface area contributed by atoms with Gasteiger partial charge < -0.3 is 0 Å². The van der Waals surface area contributed by atoms with Crippen molar-refractivity contribution in [1.29, 1.82) is 0 Å². The van der Waals surface area contributed by atoms with E-state index in [0.29, 0.717) is 0 Å². The second kappa shape index (κ2) is 3.38.